The molecule has 0 aliphatic carbocycles. The molecule has 0 atom stereocenters. The first kappa shape index (κ1) is 11.2. The third-order valence-corrected chi connectivity index (χ3v) is 2.15. The maximum absolute atomic E-state index is 11.6. The van der Waals surface area contributed by atoms with E-state index in [4.69, 9.17) is 0 Å². The van der Waals surface area contributed by atoms with Crippen LogP contribution in [0.4, 0.5) is 0 Å². The molecule has 0 unspecified atom stereocenters. The van der Waals surface area contributed by atoms with Gasteiger partial charge >= 0.3 is 0 Å². The van der Waals surface area contributed by atoms with Crippen molar-refractivity contribution in [2.75, 3.05) is 0 Å². The Kier molecular flexibility index (Phi) is 3.77. The Bertz CT molecular complexity index is 472. The van der Waals surface area contributed by atoms with Crippen LogP contribution in [0.5, 0.6) is 0 Å². The van der Waals surface area contributed by atoms with Gasteiger partial charge in [0.1, 0.15) is 12.0 Å². The highest BCUT2D eigenvalue weighted by Crippen LogP contribution is 1.96. The van der Waals surface area contributed by atoms with E-state index >= 15 is 0 Å². The SMILES string of the molecule is O=C(NNCc1ccccc1)c1ccncn1. The Morgan fingerprint density at radius 2 is 2.00 bits per heavy atom. The number of nitrogens with zero attached hydrogens (tertiary/aromatic N) is 2. The van der Waals surface area contributed by atoms with Crippen molar-refractivity contribution in [3.8, 4) is 0 Å². The third kappa shape index (κ3) is 3.35. The lowest BCUT2D eigenvalue weighted by Gasteiger charge is -2.06. The molecule has 0 aliphatic rings. The van der Waals surface area contributed by atoms with Crippen molar-refractivity contribution in [2.24, 2.45) is 0 Å². The fourth-order valence-electron chi connectivity index (χ4n) is 1.31. The molecule has 1 aromatic carbocycles. The summed E-state index contributed by atoms with van der Waals surface area (Å²) in [6.07, 6.45) is 2.87. The highest BCUT2D eigenvalue weighted by Gasteiger charge is 2.04. The molecule has 0 fully saturated rings. The molecule has 0 spiro atoms. The van der Waals surface area contributed by atoms with Crippen molar-refractivity contribution in [3.63, 3.8) is 0 Å². The number of amides is 1. The van der Waals surface area contributed by atoms with E-state index in [0.717, 1.165) is 5.56 Å². The molecule has 2 N–H and O–H groups in total. The van der Waals surface area contributed by atoms with Gasteiger partial charge in [0.05, 0.1) is 0 Å². The van der Waals surface area contributed by atoms with Crippen LogP contribution in [0.25, 0.3) is 0 Å². The normalized spacial score (nSPS) is 9.88. The summed E-state index contributed by atoms with van der Waals surface area (Å²) in [6, 6.07) is 11.3. The van der Waals surface area contributed by atoms with Gasteiger partial charge in [0.25, 0.3) is 5.91 Å². The summed E-state index contributed by atoms with van der Waals surface area (Å²) in [5.41, 5.74) is 6.84. The lowest BCUT2D eigenvalue weighted by Crippen LogP contribution is -2.37. The van der Waals surface area contributed by atoms with Gasteiger partial charge in [-0.2, -0.15) is 0 Å². The van der Waals surface area contributed by atoms with Crippen molar-refractivity contribution in [1.82, 2.24) is 20.8 Å². The summed E-state index contributed by atoms with van der Waals surface area (Å²) in [4.78, 5) is 19.2. The van der Waals surface area contributed by atoms with Gasteiger partial charge in [0.15, 0.2) is 0 Å². The first-order chi connectivity index (χ1) is 8.36. The highest BCUT2D eigenvalue weighted by atomic mass is 16.2. The van der Waals surface area contributed by atoms with E-state index in [1.54, 1.807) is 6.07 Å². The largest absolute Gasteiger partial charge is 0.286 e. The van der Waals surface area contributed by atoms with Crippen LogP contribution < -0.4 is 10.9 Å². The smallest absolute Gasteiger partial charge is 0.284 e. The zero-order valence-corrected chi connectivity index (χ0v) is 9.13. The molecule has 5 heteroatoms. The second kappa shape index (κ2) is 5.72. The summed E-state index contributed by atoms with van der Waals surface area (Å²) < 4.78 is 0. The Hall–Kier alpha value is -2.27. The van der Waals surface area contributed by atoms with Crippen molar-refractivity contribution in [1.29, 1.82) is 0 Å². The minimum Gasteiger partial charge on any atom is -0.286 e. The number of hydrogen-bond donors (Lipinski definition) is 2. The molecule has 17 heavy (non-hydrogen) atoms. The molecule has 1 amide bonds. The van der Waals surface area contributed by atoms with Gasteiger partial charge in [-0.05, 0) is 11.6 Å². The monoisotopic (exact) mass is 228 g/mol. The van der Waals surface area contributed by atoms with Crippen LogP contribution in [0, 0.1) is 0 Å². The molecule has 0 radical (unpaired) electrons. The number of rotatable bonds is 4. The zero-order valence-electron chi connectivity index (χ0n) is 9.13. The van der Waals surface area contributed by atoms with Crippen LogP contribution in [0.2, 0.25) is 0 Å². The number of aromatic nitrogens is 2. The Labute approximate surface area is 98.9 Å². The summed E-state index contributed by atoms with van der Waals surface area (Å²) in [6.45, 7) is 0.567. The Balaban J connectivity index is 1.82. The number of hydrogen-bond acceptors (Lipinski definition) is 4. The van der Waals surface area contributed by atoms with Crippen LogP contribution in [-0.2, 0) is 6.54 Å². The molecule has 1 heterocycles. The fraction of sp³-hybridized carbons (Fsp3) is 0.0833. The van der Waals surface area contributed by atoms with Crippen LogP contribution in [0.1, 0.15) is 16.1 Å². The van der Waals surface area contributed by atoms with Gasteiger partial charge < -0.3 is 0 Å². The average molecular weight is 228 g/mol. The number of benzene rings is 1. The molecular formula is C12H12N4O. The average Bonchev–Trinajstić information content (AvgIpc) is 2.41. The van der Waals surface area contributed by atoms with E-state index < -0.39 is 0 Å². The topological polar surface area (TPSA) is 66.9 Å². The van der Waals surface area contributed by atoms with E-state index in [1.807, 2.05) is 30.3 Å². The maximum Gasteiger partial charge on any atom is 0.284 e. The zero-order chi connectivity index (χ0) is 11.9. The summed E-state index contributed by atoms with van der Waals surface area (Å²) in [7, 11) is 0. The fourth-order valence-corrected chi connectivity index (χ4v) is 1.31. The van der Waals surface area contributed by atoms with Gasteiger partial charge in [-0.15, -0.1) is 0 Å². The Morgan fingerprint density at radius 1 is 1.18 bits per heavy atom. The molecule has 5 nitrogen and oxygen atoms in total. The summed E-state index contributed by atoms with van der Waals surface area (Å²) in [5.74, 6) is -0.275. The van der Waals surface area contributed by atoms with E-state index in [2.05, 4.69) is 20.8 Å². The molecule has 0 saturated heterocycles. The van der Waals surface area contributed by atoms with Gasteiger partial charge in [0, 0.05) is 12.7 Å². The van der Waals surface area contributed by atoms with E-state index in [-0.39, 0.29) is 5.91 Å². The molecule has 2 rings (SSSR count). The molecule has 86 valence electrons. The molecule has 2 aromatic rings. The van der Waals surface area contributed by atoms with Crippen molar-refractivity contribution in [2.45, 2.75) is 6.54 Å². The predicted octanol–water partition coefficient (Wildman–Crippen LogP) is 0.911. The molecule has 0 saturated carbocycles. The predicted molar refractivity (Wildman–Crippen MR) is 62.8 cm³/mol. The van der Waals surface area contributed by atoms with Crippen LogP contribution in [-0.4, -0.2) is 15.9 Å². The van der Waals surface area contributed by atoms with E-state index in [9.17, 15) is 4.79 Å². The van der Waals surface area contributed by atoms with E-state index in [1.165, 1.54) is 12.5 Å². The minimum atomic E-state index is -0.275. The van der Waals surface area contributed by atoms with Crippen molar-refractivity contribution >= 4 is 5.91 Å². The van der Waals surface area contributed by atoms with Crippen molar-refractivity contribution in [3.05, 3.63) is 60.2 Å². The summed E-state index contributed by atoms with van der Waals surface area (Å²) in [5, 5.41) is 0. The second-order valence-corrected chi connectivity index (χ2v) is 3.39. The first-order valence-corrected chi connectivity index (χ1v) is 5.19. The maximum atomic E-state index is 11.6. The standard InChI is InChI=1S/C12H12N4O/c17-12(11-6-7-13-9-14-11)16-15-8-10-4-2-1-3-5-10/h1-7,9,15H,8H2,(H,16,17). The van der Waals surface area contributed by atoms with E-state index in [0.29, 0.717) is 12.2 Å². The molecule has 0 aliphatic heterocycles. The number of carbonyl (C=O) groups excluding carboxylic acids is 1. The highest BCUT2D eigenvalue weighted by molar-refractivity contribution is 5.91. The first-order valence-electron chi connectivity index (χ1n) is 5.19. The number of hydrazine groups is 1. The van der Waals surface area contributed by atoms with Gasteiger partial charge in [0.2, 0.25) is 0 Å². The lowest BCUT2D eigenvalue weighted by atomic mass is 10.2. The number of nitrogens with one attached hydrogen (secondary N) is 2. The van der Waals surface area contributed by atoms with Gasteiger partial charge in [-0.3, -0.25) is 10.2 Å². The van der Waals surface area contributed by atoms with Crippen LogP contribution in [0.15, 0.2) is 48.9 Å². The van der Waals surface area contributed by atoms with Gasteiger partial charge in [-0.1, -0.05) is 30.3 Å². The quantitative estimate of drug-likeness (QED) is 0.763. The minimum absolute atomic E-state index is 0.275. The third-order valence-electron chi connectivity index (χ3n) is 2.15. The van der Waals surface area contributed by atoms with Crippen LogP contribution >= 0.6 is 0 Å². The van der Waals surface area contributed by atoms with Crippen LogP contribution in [0.3, 0.4) is 0 Å². The summed E-state index contributed by atoms with van der Waals surface area (Å²) >= 11 is 0. The lowest BCUT2D eigenvalue weighted by molar-refractivity contribution is 0.0927. The Morgan fingerprint density at radius 3 is 2.71 bits per heavy atom. The number of carbonyl (C=O) groups is 1. The van der Waals surface area contributed by atoms with Gasteiger partial charge in [-0.25, -0.2) is 15.4 Å². The molecule has 1 aromatic heterocycles. The molecular weight excluding hydrogens is 216 g/mol. The van der Waals surface area contributed by atoms with Crippen molar-refractivity contribution < 1.29 is 4.79 Å². The second-order valence-electron chi connectivity index (χ2n) is 3.39. The molecule has 0 bridgehead atoms.